The molecule has 2 aliphatic rings. The van der Waals surface area contributed by atoms with E-state index >= 15 is 0 Å². The van der Waals surface area contributed by atoms with Crippen LogP contribution in [-0.2, 0) is 32.1 Å². The van der Waals surface area contributed by atoms with Gasteiger partial charge >= 0.3 is 23.6 Å². The first-order chi connectivity index (χ1) is 27.0. The lowest BCUT2D eigenvalue weighted by molar-refractivity contribution is -0.420. The van der Waals surface area contributed by atoms with Gasteiger partial charge in [0, 0.05) is 25.5 Å². The van der Waals surface area contributed by atoms with Crippen LogP contribution in [0.15, 0.2) is 95.6 Å². The molecule has 0 saturated carbocycles. The highest BCUT2D eigenvalue weighted by atomic mass is 16.6. The Morgan fingerprint density at radius 3 is 2.54 bits per heavy atom. The standard InChI is InChI=1S/C38H39N7O11/c1-2-53-32(48)14-10-24-17-26(35-41-15-6-16-42-35)20-27(18-24)55-36-34(45(51)52)33(28(37(49)50)11-13-31(46)47)43-38(44(36)40)56-30-19-25(21-39)9-12-29(30)54-22-23-7-4-3-5-8-23/h3-9,12,15,17-20,28,35,38,41-42H,2,10-11,13-14,16,22,40H2,1H3,(H,46,47)(H,49,50). The highest BCUT2D eigenvalue weighted by Gasteiger charge is 2.45. The van der Waals surface area contributed by atoms with Crippen LogP contribution in [0.25, 0.3) is 0 Å². The van der Waals surface area contributed by atoms with E-state index in [0.717, 1.165) is 5.56 Å². The van der Waals surface area contributed by atoms with Crippen molar-refractivity contribution in [3.05, 3.63) is 123 Å². The van der Waals surface area contributed by atoms with Gasteiger partial charge in [0.2, 0.25) is 0 Å². The highest BCUT2D eigenvalue weighted by molar-refractivity contribution is 6.10. The lowest BCUT2D eigenvalue weighted by Gasteiger charge is -2.32. The van der Waals surface area contributed by atoms with Gasteiger partial charge < -0.3 is 34.5 Å². The summed E-state index contributed by atoms with van der Waals surface area (Å²) in [6.45, 7) is 2.48. The van der Waals surface area contributed by atoms with Crippen molar-refractivity contribution in [1.82, 2.24) is 15.6 Å². The normalized spacial score (nSPS) is 16.8. The molecule has 3 atom stereocenters. The Morgan fingerprint density at radius 2 is 1.88 bits per heavy atom. The molecule has 0 saturated heterocycles. The topological polar surface area (TPSA) is 261 Å². The summed E-state index contributed by atoms with van der Waals surface area (Å²) < 4.78 is 23.4. The van der Waals surface area contributed by atoms with E-state index in [1.165, 1.54) is 24.3 Å². The molecule has 18 nitrogen and oxygen atoms in total. The maximum Gasteiger partial charge on any atom is 0.352 e. The van der Waals surface area contributed by atoms with Crippen molar-refractivity contribution < 1.29 is 48.5 Å². The molecule has 6 N–H and O–H groups in total. The van der Waals surface area contributed by atoms with Crippen LogP contribution in [-0.4, -0.2) is 63.3 Å². The molecule has 3 aromatic rings. The molecule has 0 aliphatic carbocycles. The Morgan fingerprint density at radius 1 is 1.09 bits per heavy atom. The van der Waals surface area contributed by atoms with Crippen LogP contribution < -0.4 is 30.7 Å². The number of allylic oxidation sites excluding steroid dienone is 1. The van der Waals surface area contributed by atoms with Crippen molar-refractivity contribution >= 4 is 23.6 Å². The summed E-state index contributed by atoms with van der Waals surface area (Å²) in [5, 5.41) is 49.2. The quantitative estimate of drug-likeness (QED) is 0.0534. The predicted octanol–water partition coefficient (Wildman–Crippen LogP) is 3.72. The second-order valence-corrected chi connectivity index (χ2v) is 12.4. The molecule has 0 radical (unpaired) electrons. The first-order valence-corrected chi connectivity index (χ1v) is 17.4. The van der Waals surface area contributed by atoms with Crippen LogP contribution in [0.5, 0.6) is 17.2 Å². The third-order valence-electron chi connectivity index (χ3n) is 8.45. The number of hydrogen-bond acceptors (Lipinski definition) is 15. The van der Waals surface area contributed by atoms with E-state index in [1.807, 2.05) is 48.5 Å². The summed E-state index contributed by atoms with van der Waals surface area (Å²) >= 11 is 0. The molecule has 292 valence electrons. The monoisotopic (exact) mass is 769 g/mol. The zero-order valence-corrected chi connectivity index (χ0v) is 30.1. The number of carboxylic acids is 2. The fourth-order valence-corrected chi connectivity index (χ4v) is 5.80. The van der Waals surface area contributed by atoms with Gasteiger partial charge in [-0.3, -0.25) is 29.8 Å². The van der Waals surface area contributed by atoms with Crippen molar-refractivity contribution in [3.63, 3.8) is 0 Å². The predicted molar refractivity (Wildman–Crippen MR) is 197 cm³/mol. The number of rotatable bonds is 18. The average molecular weight is 770 g/mol. The molecule has 0 amide bonds. The second-order valence-electron chi connectivity index (χ2n) is 12.4. The van der Waals surface area contributed by atoms with Gasteiger partial charge in [-0.25, -0.2) is 15.8 Å². The lowest BCUT2D eigenvalue weighted by atomic mass is 9.94. The van der Waals surface area contributed by atoms with Gasteiger partial charge in [0.15, 0.2) is 11.5 Å². The molecule has 2 heterocycles. The number of aliphatic imine (C=N–C) groups is 1. The Labute approximate surface area is 320 Å². The van der Waals surface area contributed by atoms with Gasteiger partial charge in [0.1, 0.15) is 30.2 Å². The van der Waals surface area contributed by atoms with Crippen LogP contribution >= 0.6 is 0 Å². The third kappa shape index (κ3) is 10.4. The number of carbonyl (C=O) groups is 3. The minimum atomic E-state index is -1.82. The van der Waals surface area contributed by atoms with Crippen molar-refractivity contribution in [2.75, 3.05) is 13.2 Å². The van der Waals surface area contributed by atoms with Crippen LogP contribution in [0.1, 0.15) is 54.6 Å². The molecule has 18 heteroatoms. The first-order valence-electron chi connectivity index (χ1n) is 17.4. The Balaban J connectivity index is 1.60. The van der Waals surface area contributed by atoms with E-state index in [1.54, 1.807) is 19.2 Å². The minimum absolute atomic E-state index is 0.0140. The number of benzene rings is 3. The van der Waals surface area contributed by atoms with Crippen molar-refractivity contribution in [2.24, 2.45) is 16.8 Å². The van der Waals surface area contributed by atoms with Crippen molar-refractivity contribution in [1.29, 1.82) is 5.26 Å². The lowest BCUT2D eigenvalue weighted by Crippen LogP contribution is -2.50. The van der Waals surface area contributed by atoms with Crippen LogP contribution in [0.4, 0.5) is 0 Å². The highest BCUT2D eigenvalue weighted by Crippen LogP contribution is 2.35. The number of aryl methyl sites for hydroxylation is 1. The Kier molecular flexibility index (Phi) is 13.6. The molecule has 3 unspecified atom stereocenters. The van der Waals surface area contributed by atoms with Gasteiger partial charge in [0.05, 0.1) is 23.2 Å². The second kappa shape index (κ2) is 18.9. The number of nitro groups is 1. The molecule has 56 heavy (non-hydrogen) atoms. The maximum atomic E-state index is 12.8. The molecule has 2 aliphatic heterocycles. The molecule has 0 spiro atoms. The number of ether oxygens (including phenoxy) is 4. The number of hydrogen-bond donors (Lipinski definition) is 5. The summed E-state index contributed by atoms with van der Waals surface area (Å²) in [6, 6.07) is 20.3. The number of esters is 1. The SMILES string of the molecule is CCOC(=O)CCc1cc(OC2=C([N+](=O)[O-])C(C(CCC(=O)O)C(=O)O)=NC(Oc3cc(C#N)ccc3OCc3ccccc3)N2N)cc(C2NC=CCN2)c1. The van der Waals surface area contributed by atoms with Crippen molar-refractivity contribution in [3.8, 4) is 23.3 Å². The van der Waals surface area contributed by atoms with E-state index in [9.17, 15) is 40.0 Å². The minimum Gasteiger partial charge on any atom is -0.485 e. The number of hydrazine groups is 1. The summed E-state index contributed by atoms with van der Waals surface area (Å²) in [5.74, 6) is 0.695. The van der Waals surface area contributed by atoms with Crippen LogP contribution in [0.2, 0.25) is 0 Å². The van der Waals surface area contributed by atoms with E-state index in [-0.39, 0.29) is 48.9 Å². The molecule has 0 bridgehead atoms. The number of aliphatic carboxylic acids is 2. The maximum absolute atomic E-state index is 12.8. The summed E-state index contributed by atoms with van der Waals surface area (Å²) in [4.78, 5) is 52.6. The molecule has 0 aromatic heterocycles. The van der Waals surface area contributed by atoms with Gasteiger partial charge in [-0.1, -0.05) is 42.5 Å². The number of carbonyl (C=O) groups excluding carboxylic acids is 1. The summed E-state index contributed by atoms with van der Waals surface area (Å²) in [7, 11) is 0. The number of nitrogens with two attached hydrogens (primary N) is 1. The zero-order chi connectivity index (χ0) is 40.2. The zero-order valence-electron chi connectivity index (χ0n) is 30.1. The van der Waals surface area contributed by atoms with Gasteiger partial charge in [-0.15, -0.1) is 0 Å². The number of nitrogens with one attached hydrogen (secondary N) is 2. The van der Waals surface area contributed by atoms with E-state index in [2.05, 4.69) is 15.6 Å². The fraction of sp³-hybridized carbons (Fsp3) is 0.289. The number of nitriles is 1. The van der Waals surface area contributed by atoms with E-state index in [4.69, 9.17) is 24.8 Å². The van der Waals surface area contributed by atoms with E-state index < -0.39 is 71.4 Å². The van der Waals surface area contributed by atoms with Gasteiger partial charge in [0.25, 0.3) is 12.2 Å². The summed E-state index contributed by atoms with van der Waals surface area (Å²) in [6.07, 6.45) is 0.374. The molecule has 0 fully saturated rings. The molecule has 5 rings (SSSR count). The Hall–Kier alpha value is -6.97. The largest absolute Gasteiger partial charge is 0.485 e. The first kappa shape index (κ1) is 40.2. The summed E-state index contributed by atoms with van der Waals surface area (Å²) in [5.41, 5.74) is 0.530. The number of carboxylic acid groups (broad SMARTS) is 2. The van der Waals surface area contributed by atoms with E-state index in [0.29, 0.717) is 22.7 Å². The van der Waals surface area contributed by atoms with Gasteiger partial charge in [-0.05, 0) is 66.9 Å². The number of nitrogens with zero attached hydrogens (tertiary/aromatic N) is 4. The van der Waals surface area contributed by atoms with Crippen LogP contribution in [0, 0.1) is 27.4 Å². The molecular weight excluding hydrogens is 730 g/mol. The molecule has 3 aromatic carbocycles. The van der Waals surface area contributed by atoms with Crippen molar-refractivity contribution in [2.45, 2.75) is 51.7 Å². The average Bonchev–Trinajstić information content (AvgIpc) is 3.18. The smallest absolute Gasteiger partial charge is 0.352 e. The van der Waals surface area contributed by atoms with Gasteiger partial charge in [-0.2, -0.15) is 5.26 Å². The fourth-order valence-electron chi connectivity index (χ4n) is 5.80. The Bertz CT molecular complexity index is 2080. The third-order valence-corrected chi connectivity index (χ3v) is 8.45. The molecular formula is C38H39N7O11. The van der Waals surface area contributed by atoms with Crippen LogP contribution in [0.3, 0.4) is 0 Å².